The Hall–Kier alpha value is -1.22. The Morgan fingerprint density at radius 1 is 1.42 bits per heavy atom. The number of aromatic hydroxyl groups is 1. The predicted octanol–water partition coefficient (Wildman–Crippen LogP) is 1.04. The fourth-order valence-corrected chi connectivity index (χ4v) is 1.07. The van der Waals surface area contributed by atoms with Gasteiger partial charge in [0.15, 0.2) is 0 Å². The van der Waals surface area contributed by atoms with Crippen LogP contribution in [0.5, 0.6) is 5.75 Å². The summed E-state index contributed by atoms with van der Waals surface area (Å²) >= 11 is 0. The van der Waals surface area contributed by atoms with Gasteiger partial charge in [-0.05, 0) is 25.7 Å². The highest BCUT2D eigenvalue weighted by Gasteiger charge is 2.00. The summed E-state index contributed by atoms with van der Waals surface area (Å²) in [6, 6.07) is 5.05. The standard InChI is InChI=1S/C9H14N2O/c1-11(2)6-7-3-4-8(12)5-9(7)10/h3-5,12H,6,10H2,1-2H3. The second-order valence-corrected chi connectivity index (χ2v) is 3.12. The van der Waals surface area contributed by atoms with Crippen LogP contribution in [0.25, 0.3) is 0 Å². The van der Waals surface area contributed by atoms with Crippen molar-refractivity contribution in [2.45, 2.75) is 6.54 Å². The summed E-state index contributed by atoms with van der Waals surface area (Å²) in [5.74, 6) is 0.218. The molecule has 3 heteroatoms. The summed E-state index contributed by atoms with van der Waals surface area (Å²) < 4.78 is 0. The Morgan fingerprint density at radius 3 is 2.58 bits per heavy atom. The molecule has 0 fully saturated rings. The van der Waals surface area contributed by atoms with E-state index in [-0.39, 0.29) is 5.75 Å². The fraction of sp³-hybridized carbons (Fsp3) is 0.333. The van der Waals surface area contributed by atoms with Gasteiger partial charge in [-0.3, -0.25) is 0 Å². The summed E-state index contributed by atoms with van der Waals surface area (Å²) in [5.41, 5.74) is 7.36. The smallest absolute Gasteiger partial charge is 0.117 e. The summed E-state index contributed by atoms with van der Waals surface area (Å²) in [4.78, 5) is 2.03. The van der Waals surface area contributed by atoms with Crippen LogP contribution in [0, 0.1) is 0 Å². The molecule has 3 nitrogen and oxygen atoms in total. The van der Waals surface area contributed by atoms with Gasteiger partial charge in [-0.25, -0.2) is 0 Å². The van der Waals surface area contributed by atoms with Gasteiger partial charge in [0, 0.05) is 18.3 Å². The van der Waals surface area contributed by atoms with Gasteiger partial charge in [-0.2, -0.15) is 0 Å². The Bertz CT molecular complexity index is 271. The molecule has 0 amide bonds. The number of nitrogens with zero attached hydrogens (tertiary/aromatic N) is 1. The van der Waals surface area contributed by atoms with Crippen LogP contribution >= 0.6 is 0 Å². The van der Waals surface area contributed by atoms with Crippen molar-refractivity contribution in [3.05, 3.63) is 23.8 Å². The molecule has 12 heavy (non-hydrogen) atoms. The molecule has 1 rings (SSSR count). The summed E-state index contributed by atoms with van der Waals surface area (Å²) in [7, 11) is 3.96. The fourth-order valence-electron chi connectivity index (χ4n) is 1.07. The lowest BCUT2D eigenvalue weighted by Gasteiger charge is -2.11. The van der Waals surface area contributed by atoms with Crippen molar-refractivity contribution in [3.8, 4) is 5.75 Å². The average Bonchev–Trinajstić information content (AvgIpc) is 1.94. The van der Waals surface area contributed by atoms with Gasteiger partial charge in [-0.15, -0.1) is 0 Å². The first-order valence-electron chi connectivity index (χ1n) is 3.81. The molecule has 0 radical (unpaired) electrons. The number of hydrogen-bond donors (Lipinski definition) is 2. The van der Waals surface area contributed by atoms with Gasteiger partial charge in [-0.1, -0.05) is 6.07 Å². The van der Waals surface area contributed by atoms with E-state index < -0.39 is 0 Å². The molecule has 0 aromatic heterocycles. The molecule has 0 unspecified atom stereocenters. The number of nitrogen functional groups attached to an aromatic ring is 1. The molecule has 0 aliphatic rings. The van der Waals surface area contributed by atoms with E-state index in [9.17, 15) is 0 Å². The normalized spacial score (nSPS) is 10.6. The minimum atomic E-state index is 0.218. The SMILES string of the molecule is CN(C)Cc1ccc(O)cc1N. The molecule has 0 saturated carbocycles. The van der Waals surface area contributed by atoms with Crippen molar-refractivity contribution in [1.29, 1.82) is 0 Å². The average molecular weight is 166 g/mol. The van der Waals surface area contributed by atoms with Crippen LogP contribution in [0.15, 0.2) is 18.2 Å². The van der Waals surface area contributed by atoms with Gasteiger partial charge in [0.25, 0.3) is 0 Å². The Kier molecular flexibility index (Phi) is 2.55. The third-order valence-electron chi connectivity index (χ3n) is 1.62. The topological polar surface area (TPSA) is 49.5 Å². The molecule has 0 bridgehead atoms. The van der Waals surface area contributed by atoms with E-state index in [1.54, 1.807) is 12.1 Å². The molecule has 0 saturated heterocycles. The van der Waals surface area contributed by atoms with Crippen LogP contribution in [0.2, 0.25) is 0 Å². The second kappa shape index (κ2) is 3.45. The van der Waals surface area contributed by atoms with Crippen molar-refractivity contribution in [2.24, 2.45) is 0 Å². The number of nitrogens with two attached hydrogens (primary N) is 1. The van der Waals surface area contributed by atoms with Crippen LogP contribution in [-0.4, -0.2) is 24.1 Å². The molecule has 0 spiro atoms. The Balaban J connectivity index is 2.86. The van der Waals surface area contributed by atoms with E-state index in [4.69, 9.17) is 10.8 Å². The van der Waals surface area contributed by atoms with Crippen LogP contribution < -0.4 is 5.73 Å². The minimum absolute atomic E-state index is 0.218. The number of benzene rings is 1. The monoisotopic (exact) mass is 166 g/mol. The van der Waals surface area contributed by atoms with Crippen LogP contribution in [0.3, 0.4) is 0 Å². The Morgan fingerprint density at radius 2 is 2.08 bits per heavy atom. The quantitative estimate of drug-likeness (QED) is 0.645. The molecule has 0 heterocycles. The van der Waals surface area contributed by atoms with Crippen LogP contribution in [0.1, 0.15) is 5.56 Å². The van der Waals surface area contributed by atoms with Gasteiger partial charge < -0.3 is 15.7 Å². The van der Waals surface area contributed by atoms with E-state index in [1.807, 2.05) is 25.1 Å². The zero-order valence-corrected chi connectivity index (χ0v) is 7.41. The first kappa shape index (κ1) is 8.87. The third-order valence-corrected chi connectivity index (χ3v) is 1.62. The molecule has 66 valence electrons. The maximum Gasteiger partial charge on any atom is 0.117 e. The molecule has 0 aliphatic heterocycles. The largest absolute Gasteiger partial charge is 0.508 e. The van der Waals surface area contributed by atoms with E-state index in [1.165, 1.54) is 0 Å². The van der Waals surface area contributed by atoms with E-state index >= 15 is 0 Å². The Labute approximate surface area is 72.4 Å². The number of anilines is 1. The highest BCUT2D eigenvalue weighted by molar-refractivity contribution is 5.50. The van der Waals surface area contributed by atoms with Gasteiger partial charge in [0.2, 0.25) is 0 Å². The zero-order chi connectivity index (χ0) is 9.14. The molecule has 3 N–H and O–H groups in total. The summed E-state index contributed by atoms with van der Waals surface area (Å²) in [6.45, 7) is 0.798. The van der Waals surface area contributed by atoms with Crippen molar-refractivity contribution >= 4 is 5.69 Å². The van der Waals surface area contributed by atoms with E-state index in [0.29, 0.717) is 5.69 Å². The molecule has 0 aliphatic carbocycles. The summed E-state index contributed by atoms with van der Waals surface area (Å²) in [6.07, 6.45) is 0. The number of hydrogen-bond acceptors (Lipinski definition) is 3. The van der Waals surface area contributed by atoms with Gasteiger partial charge in [0.1, 0.15) is 5.75 Å². The maximum atomic E-state index is 9.08. The van der Waals surface area contributed by atoms with E-state index in [2.05, 4.69) is 0 Å². The van der Waals surface area contributed by atoms with Crippen molar-refractivity contribution in [3.63, 3.8) is 0 Å². The molecule has 1 aromatic carbocycles. The first-order valence-corrected chi connectivity index (χ1v) is 3.81. The van der Waals surface area contributed by atoms with Crippen molar-refractivity contribution in [2.75, 3.05) is 19.8 Å². The molecule has 0 atom stereocenters. The number of phenolic OH excluding ortho intramolecular Hbond substituents is 1. The minimum Gasteiger partial charge on any atom is -0.508 e. The highest BCUT2D eigenvalue weighted by atomic mass is 16.3. The van der Waals surface area contributed by atoms with Gasteiger partial charge >= 0.3 is 0 Å². The van der Waals surface area contributed by atoms with Gasteiger partial charge in [0.05, 0.1) is 0 Å². The maximum absolute atomic E-state index is 9.08. The highest BCUT2D eigenvalue weighted by Crippen LogP contribution is 2.19. The third kappa shape index (κ3) is 2.13. The number of rotatable bonds is 2. The van der Waals surface area contributed by atoms with Crippen molar-refractivity contribution in [1.82, 2.24) is 4.90 Å². The van der Waals surface area contributed by atoms with Crippen LogP contribution in [-0.2, 0) is 6.54 Å². The second-order valence-electron chi connectivity index (χ2n) is 3.12. The van der Waals surface area contributed by atoms with E-state index in [0.717, 1.165) is 12.1 Å². The lowest BCUT2D eigenvalue weighted by molar-refractivity contribution is 0.402. The van der Waals surface area contributed by atoms with Crippen molar-refractivity contribution < 1.29 is 5.11 Å². The molecular weight excluding hydrogens is 152 g/mol. The lowest BCUT2D eigenvalue weighted by Crippen LogP contribution is -2.11. The predicted molar refractivity (Wildman–Crippen MR) is 49.9 cm³/mol. The number of phenols is 1. The molecule has 1 aromatic rings. The molecular formula is C9H14N2O. The zero-order valence-electron chi connectivity index (χ0n) is 7.41. The first-order chi connectivity index (χ1) is 5.59. The lowest BCUT2D eigenvalue weighted by atomic mass is 10.1. The summed E-state index contributed by atoms with van der Waals surface area (Å²) in [5, 5.41) is 9.08. The van der Waals surface area contributed by atoms with Crippen LogP contribution in [0.4, 0.5) is 5.69 Å².